The highest BCUT2D eigenvalue weighted by Crippen LogP contribution is 2.37. The Morgan fingerprint density at radius 1 is 1.18 bits per heavy atom. The van der Waals surface area contributed by atoms with E-state index in [-0.39, 0.29) is 16.7 Å². The highest BCUT2D eigenvalue weighted by molar-refractivity contribution is 8.00. The molecule has 0 heterocycles. The summed E-state index contributed by atoms with van der Waals surface area (Å²) in [5.41, 5.74) is 2.98. The Bertz CT molecular complexity index is 363. The van der Waals surface area contributed by atoms with E-state index in [2.05, 4.69) is 0 Å². The lowest BCUT2D eigenvalue weighted by atomic mass is 10.1. The lowest BCUT2D eigenvalue weighted by Crippen LogP contribution is -2.01. The van der Waals surface area contributed by atoms with Gasteiger partial charge in [0, 0.05) is 4.90 Å². The Kier molecular flexibility index (Phi) is 5.33. The van der Waals surface area contributed by atoms with Crippen molar-refractivity contribution in [2.45, 2.75) is 36.6 Å². The van der Waals surface area contributed by atoms with Gasteiger partial charge in [0.15, 0.2) is 0 Å². The third-order valence-corrected chi connectivity index (χ3v) is 2.97. The van der Waals surface area contributed by atoms with Crippen molar-refractivity contribution in [1.82, 2.24) is 0 Å². The van der Waals surface area contributed by atoms with Crippen LogP contribution in [0.2, 0.25) is 0 Å². The molecule has 0 spiro atoms. The van der Waals surface area contributed by atoms with Gasteiger partial charge in [-0.15, -0.1) is 0 Å². The van der Waals surface area contributed by atoms with Gasteiger partial charge in [0.25, 0.3) is 0 Å². The molecule has 0 radical (unpaired) electrons. The zero-order chi connectivity index (χ0) is 12.9. The lowest BCUT2D eigenvalue weighted by Gasteiger charge is -2.09. The van der Waals surface area contributed by atoms with Crippen LogP contribution in [-0.2, 0) is 6.42 Å². The summed E-state index contributed by atoms with van der Waals surface area (Å²) in [5, 5.41) is 0. The number of hydrogen-bond donors (Lipinski definition) is 1. The van der Waals surface area contributed by atoms with E-state index in [9.17, 15) is 13.2 Å². The van der Waals surface area contributed by atoms with Crippen LogP contribution in [-0.4, -0.2) is 12.1 Å². The maximum Gasteiger partial charge on any atom is 0.446 e. The van der Waals surface area contributed by atoms with Crippen LogP contribution in [0, 0.1) is 6.92 Å². The summed E-state index contributed by atoms with van der Waals surface area (Å²) < 4.78 is 36.8. The molecule has 0 bridgehead atoms. The summed E-state index contributed by atoms with van der Waals surface area (Å²) in [7, 11) is 0. The van der Waals surface area contributed by atoms with Gasteiger partial charge in [-0.25, -0.2) is 0 Å². The highest BCUT2D eigenvalue weighted by atomic mass is 32.2. The monoisotopic (exact) mass is 263 g/mol. The number of benzene rings is 1. The van der Waals surface area contributed by atoms with Crippen molar-refractivity contribution in [1.29, 1.82) is 0 Å². The van der Waals surface area contributed by atoms with Gasteiger partial charge in [0.1, 0.15) is 0 Å². The SMILES string of the molecule is Cc1cc(CCCCN)cc(SC(F)(F)F)c1. The van der Waals surface area contributed by atoms with Gasteiger partial charge < -0.3 is 5.73 Å². The van der Waals surface area contributed by atoms with Crippen molar-refractivity contribution in [2.75, 3.05) is 6.54 Å². The fourth-order valence-corrected chi connectivity index (χ4v) is 2.36. The normalized spacial score (nSPS) is 11.8. The summed E-state index contributed by atoms with van der Waals surface area (Å²) in [6.07, 6.45) is 2.59. The van der Waals surface area contributed by atoms with Gasteiger partial charge >= 0.3 is 5.51 Å². The first-order valence-corrected chi connectivity index (χ1v) is 6.29. The molecular formula is C12H16F3NS. The smallest absolute Gasteiger partial charge is 0.330 e. The Balaban J connectivity index is 2.72. The van der Waals surface area contributed by atoms with Crippen molar-refractivity contribution in [3.8, 4) is 0 Å². The van der Waals surface area contributed by atoms with Crippen molar-refractivity contribution in [2.24, 2.45) is 5.73 Å². The lowest BCUT2D eigenvalue weighted by molar-refractivity contribution is -0.0328. The number of alkyl halides is 3. The molecule has 96 valence electrons. The molecule has 0 aliphatic carbocycles. The van der Waals surface area contributed by atoms with Crippen LogP contribution in [0.5, 0.6) is 0 Å². The maximum absolute atomic E-state index is 12.3. The van der Waals surface area contributed by atoms with Crippen molar-refractivity contribution < 1.29 is 13.2 Å². The topological polar surface area (TPSA) is 26.0 Å². The van der Waals surface area contributed by atoms with E-state index < -0.39 is 5.51 Å². The molecule has 1 aromatic rings. The number of nitrogens with two attached hydrogens (primary N) is 1. The molecule has 1 aromatic carbocycles. The quantitative estimate of drug-likeness (QED) is 0.644. The zero-order valence-corrected chi connectivity index (χ0v) is 10.5. The number of hydrogen-bond acceptors (Lipinski definition) is 2. The predicted molar refractivity (Wildman–Crippen MR) is 65.1 cm³/mol. The van der Waals surface area contributed by atoms with Crippen molar-refractivity contribution >= 4 is 11.8 Å². The van der Waals surface area contributed by atoms with Crippen LogP contribution in [0.25, 0.3) is 0 Å². The Morgan fingerprint density at radius 3 is 2.47 bits per heavy atom. The van der Waals surface area contributed by atoms with Crippen LogP contribution < -0.4 is 5.73 Å². The molecule has 17 heavy (non-hydrogen) atoms. The number of halogens is 3. The largest absolute Gasteiger partial charge is 0.446 e. The molecule has 0 fully saturated rings. The standard InChI is InChI=1S/C12H16F3NS/c1-9-6-10(4-2-3-5-16)8-11(7-9)17-12(13,14)15/h6-8H,2-5,16H2,1H3. The first-order chi connectivity index (χ1) is 7.90. The van der Waals surface area contributed by atoms with Gasteiger partial charge in [-0.05, 0) is 67.8 Å². The third kappa shape index (κ3) is 5.98. The second kappa shape index (κ2) is 6.31. The van der Waals surface area contributed by atoms with Crippen molar-refractivity contribution in [3.05, 3.63) is 29.3 Å². The van der Waals surface area contributed by atoms with Crippen LogP contribution in [0.15, 0.2) is 23.1 Å². The van der Waals surface area contributed by atoms with E-state index in [1.807, 2.05) is 13.0 Å². The number of thioether (sulfide) groups is 1. The van der Waals surface area contributed by atoms with Gasteiger partial charge in [0.2, 0.25) is 0 Å². The average Bonchev–Trinajstić information content (AvgIpc) is 2.14. The molecule has 0 amide bonds. The van der Waals surface area contributed by atoms with Crippen molar-refractivity contribution in [3.63, 3.8) is 0 Å². The van der Waals surface area contributed by atoms with Gasteiger partial charge in [-0.3, -0.25) is 0 Å². The summed E-state index contributed by atoms with van der Waals surface area (Å²) >= 11 is -0.0564. The molecule has 0 atom stereocenters. The fraction of sp³-hybridized carbons (Fsp3) is 0.500. The fourth-order valence-electron chi connectivity index (χ4n) is 1.63. The second-order valence-corrected chi connectivity index (χ2v) is 5.09. The first kappa shape index (κ1) is 14.4. The number of aryl methyl sites for hydroxylation is 2. The molecule has 1 nitrogen and oxygen atoms in total. The molecule has 5 heteroatoms. The molecule has 2 N–H and O–H groups in total. The minimum Gasteiger partial charge on any atom is -0.330 e. The summed E-state index contributed by atoms with van der Waals surface area (Å²) in [6, 6.07) is 5.10. The molecule has 1 rings (SSSR count). The van der Waals surface area contributed by atoms with E-state index in [0.29, 0.717) is 6.54 Å². The Labute approximate surface area is 104 Å². The minimum atomic E-state index is -4.22. The Hall–Kier alpha value is -0.680. The first-order valence-electron chi connectivity index (χ1n) is 5.47. The molecule has 0 aliphatic rings. The molecule has 0 saturated carbocycles. The van der Waals surface area contributed by atoms with Crippen LogP contribution >= 0.6 is 11.8 Å². The molecular weight excluding hydrogens is 247 g/mol. The summed E-state index contributed by atoms with van der Waals surface area (Å²) in [5.74, 6) is 0. The van der Waals surface area contributed by atoms with E-state index in [1.165, 1.54) is 0 Å². The summed E-state index contributed by atoms with van der Waals surface area (Å²) in [6.45, 7) is 2.43. The van der Waals surface area contributed by atoms with Gasteiger partial charge in [0.05, 0.1) is 0 Å². The number of rotatable bonds is 5. The average molecular weight is 263 g/mol. The van der Waals surface area contributed by atoms with E-state index in [1.54, 1.807) is 12.1 Å². The zero-order valence-electron chi connectivity index (χ0n) is 9.68. The second-order valence-electron chi connectivity index (χ2n) is 3.95. The van der Waals surface area contributed by atoms with E-state index in [0.717, 1.165) is 30.4 Å². The minimum absolute atomic E-state index is 0.0564. The third-order valence-electron chi connectivity index (χ3n) is 2.26. The highest BCUT2D eigenvalue weighted by Gasteiger charge is 2.29. The molecule has 0 aliphatic heterocycles. The van der Waals surface area contributed by atoms with Crippen LogP contribution in [0.3, 0.4) is 0 Å². The molecule has 0 unspecified atom stereocenters. The van der Waals surface area contributed by atoms with Crippen LogP contribution in [0.4, 0.5) is 13.2 Å². The summed E-state index contributed by atoms with van der Waals surface area (Å²) in [4.78, 5) is 0.264. The van der Waals surface area contributed by atoms with Gasteiger partial charge in [-0.1, -0.05) is 6.07 Å². The van der Waals surface area contributed by atoms with E-state index >= 15 is 0 Å². The molecule has 0 saturated heterocycles. The molecule has 0 aromatic heterocycles. The number of unbranched alkanes of at least 4 members (excludes halogenated alkanes) is 1. The Morgan fingerprint density at radius 2 is 1.88 bits per heavy atom. The van der Waals surface area contributed by atoms with Crippen LogP contribution in [0.1, 0.15) is 24.0 Å². The maximum atomic E-state index is 12.3. The predicted octanol–water partition coefficient (Wildman–Crippen LogP) is 3.89. The van der Waals surface area contributed by atoms with Gasteiger partial charge in [-0.2, -0.15) is 13.2 Å². The van der Waals surface area contributed by atoms with E-state index in [4.69, 9.17) is 5.73 Å².